The molecule has 1 atom stereocenters. The SMILES string of the molecule is CCNC(=O)OCC(COC(=O)NCC)OCCCC(=O)NC(C)NC(=O)CCN1C(=O)C=C(SC)C1=O. The molecule has 0 saturated heterocycles. The monoisotopic (exact) mass is 559 g/mol. The van der Waals surface area contributed by atoms with Gasteiger partial charge < -0.3 is 35.5 Å². The number of nitrogens with one attached hydrogen (secondary N) is 4. The second kappa shape index (κ2) is 18.0. The fourth-order valence-electron chi connectivity index (χ4n) is 3.07. The molecule has 1 rings (SSSR count). The van der Waals surface area contributed by atoms with Crippen molar-refractivity contribution >= 4 is 47.6 Å². The first kappa shape index (κ1) is 32.7. The van der Waals surface area contributed by atoms with Crippen molar-refractivity contribution in [2.75, 3.05) is 45.7 Å². The first-order valence-corrected chi connectivity index (χ1v) is 13.5. The summed E-state index contributed by atoms with van der Waals surface area (Å²) in [5.41, 5.74) is 0. The normalized spacial score (nSPS) is 13.6. The summed E-state index contributed by atoms with van der Waals surface area (Å²) in [5, 5.41) is 10.2. The molecule has 214 valence electrons. The van der Waals surface area contributed by atoms with E-state index >= 15 is 0 Å². The van der Waals surface area contributed by atoms with E-state index in [1.807, 2.05) is 0 Å². The molecule has 0 aliphatic carbocycles. The minimum atomic E-state index is -0.724. The Hall–Kier alpha value is -3.33. The van der Waals surface area contributed by atoms with Crippen LogP contribution in [0, 0.1) is 0 Å². The molecule has 0 radical (unpaired) electrons. The van der Waals surface area contributed by atoms with E-state index in [0.717, 1.165) is 4.90 Å². The maximum Gasteiger partial charge on any atom is 0.407 e. The standard InChI is InChI=1S/C23H37N5O9S/c1-5-24-22(33)36-13-16(14-37-23(34)25-6-2)35-11-7-8-18(29)26-15(3)27-19(30)9-10-28-20(31)12-17(38-4)21(28)32/h12,15-16H,5-11,13-14H2,1-4H3,(H,24,33)(H,25,34)(H,26,29)(H,27,30). The van der Waals surface area contributed by atoms with Crippen LogP contribution in [0.15, 0.2) is 11.0 Å². The van der Waals surface area contributed by atoms with Crippen LogP contribution >= 0.6 is 11.8 Å². The lowest BCUT2D eigenvalue weighted by atomic mass is 10.3. The summed E-state index contributed by atoms with van der Waals surface area (Å²) in [6.45, 7) is 5.61. The number of thioether (sulfide) groups is 1. The molecule has 0 spiro atoms. The molecule has 4 N–H and O–H groups in total. The largest absolute Gasteiger partial charge is 0.447 e. The van der Waals surface area contributed by atoms with Gasteiger partial charge in [-0.3, -0.25) is 24.1 Å². The molecule has 1 aliphatic heterocycles. The highest BCUT2D eigenvalue weighted by atomic mass is 32.2. The van der Waals surface area contributed by atoms with E-state index < -0.39 is 42.2 Å². The quantitative estimate of drug-likeness (QED) is 0.109. The van der Waals surface area contributed by atoms with Gasteiger partial charge in [-0.1, -0.05) is 0 Å². The Labute approximate surface area is 225 Å². The van der Waals surface area contributed by atoms with Gasteiger partial charge in [-0.05, 0) is 33.4 Å². The van der Waals surface area contributed by atoms with Crippen molar-refractivity contribution in [2.24, 2.45) is 0 Å². The van der Waals surface area contributed by atoms with E-state index in [1.54, 1.807) is 27.0 Å². The van der Waals surface area contributed by atoms with Crippen molar-refractivity contribution in [1.82, 2.24) is 26.2 Å². The zero-order valence-corrected chi connectivity index (χ0v) is 22.9. The lowest BCUT2D eigenvalue weighted by molar-refractivity contribution is -0.137. The van der Waals surface area contributed by atoms with Crippen molar-refractivity contribution in [2.45, 2.75) is 52.3 Å². The topological polar surface area (TPSA) is 181 Å². The van der Waals surface area contributed by atoms with Crippen molar-refractivity contribution in [3.63, 3.8) is 0 Å². The number of imide groups is 1. The van der Waals surface area contributed by atoms with E-state index in [-0.39, 0.29) is 45.1 Å². The van der Waals surface area contributed by atoms with Gasteiger partial charge in [0.2, 0.25) is 11.8 Å². The average molecular weight is 560 g/mol. The third-order valence-corrected chi connectivity index (χ3v) is 5.59. The maximum absolute atomic E-state index is 12.2. The van der Waals surface area contributed by atoms with Gasteiger partial charge in [0.1, 0.15) is 19.3 Å². The highest BCUT2D eigenvalue weighted by molar-refractivity contribution is 8.03. The number of carbonyl (C=O) groups is 6. The second-order valence-corrected chi connectivity index (χ2v) is 8.82. The second-order valence-electron chi connectivity index (χ2n) is 7.97. The molecule has 1 unspecified atom stereocenters. The van der Waals surface area contributed by atoms with Gasteiger partial charge in [0, 0.05) is 45.2 Å². The third kappa shape index (κ3) is 12.8. The van der Waals surface area contributed by atoms with Crippen LogP contribution in [-0.4, -0.2) is 98.7 Å². The lowest BCUT2D eigenvalue weighted by Crippen LogP contribution is -2.46. The molecule has 1 aliphatic rings. The zero-order valence-electron chi connectivity index (χ0n) is 22.1. The number of carbonyl (C=O) groups excluding carboxylic acids is 6. The van der Waals surface area contributed by atoms with Crippen LogP contribution in [0.25, 0.3) is 0 Å². The van der Waals surface area contributed by atoms with Crippen LogP contribution in [0.2, 0.25) is 0 Å². The summed E-state index contributed by atoms with van der Waals surface area (Å²) in [7, 11) is 0. The molecule has 15 heteroatoms. The highest BCUT2D eigenvalue weighted by Gasteiger charge is 2.30. The van der Waals surface area contributed by atoms with Crippen LogP contribution in [0.5, 0.6) is 0 Å². The van der Waals surface area contributed by atoms with Gasteiger partial charge in [-0.15, -0.1) is 11.8 Å². The molecule has 0 fully saturated rings. The van der Waals surface area contributed by atoms with Gasteiger partial charge in [-0.2, -0.15) is 0 Å². The Kier molecular flexibility index (Phi) is 15.5. The van der Waals surface area contributed by atoms with Gasteiger partial charge >= 0.3 is 12.2 Å². The predicted molar refractivity (Wildman–Crippen MR) is 138 cm³/mol. The summed E-state index contributed by atoms with van der Waals surface area (Å²) in [6.07, 6.45) is 0.571. The molecule has 6 amide bonds. The molecule has 0 aromatic rings. The molecular formula is C23H37N5O9S. The molecule has 1 heterocycles. The Morgan fingerprint density at radius 3 is 2.00 bits per heavy atom. The van der Waals surface area contributed by atoms with E-state index in [9.17, 15) is 28.8 Å². The first-order valence-electron chi connectivity index (χ1n) is 12.2. The molecule has 0 aromatic heterocycles. The summed E-state index contributed by atoms with van der Waals surface area (Å²) in [4.78, 5) is 72.6. The van der Waals surface area contributed by atoms with Crippen molar-refractivity contribution in [3.8, 4) is 0 Å². The Balaban J connectivity index is 2.33. The number of amides is 6. The third-order valence-electron chi connectivity index (χ3n) is 4.86. The zero-order chi connectivity index (χ0) is 28.5. The number of alkyl carbamates (subject to hydrolysis) is 2. The van der Waals surface area contributed by atoms with Crippen LogP contribution in [-0.2, 0) is 33.4 Å². The highest BCUT2D eigenvalue weighted by Crippen LogP contribution is 2.21. The predicted octanol–water partition coefficient (Wildman–Crippen LogP) is 0.228. The molecule has 0 aromatic carbocycles. The van der Waals surface area contributed by atoms with E-state index in [0.29, 0.717) is 24.4 Å². The Morgan fingerprint density at radius 1 is 0.947 bits per heavy atom. The minimum Gasteiger partial charge on any atom is -0.447 e. The molecule has 38 heavy (non-hydrogen) atoms. The van der Waals surface area contributed by atoms with Crippen LogP contribution in [0.1, 0.15) is 40.0 Å². The van der Waals surface area contributed by atoms with Gasteiger partial charge in [0.05, 0.1) is 11.1 Å². The van der Waals surface area contributed by atoms with Gasteiger partial charge in [0.15, 0.2) is 0 Å². The van der Waals surface area contributed by atoms with Crippen LogP contribution < -0.4 is 21.3 Å². The summed E-state index contributed by atoms with van der Waals surface area (Å²) in [5.74, 6) is -1.65. The molecule has 0 bridgehead atoms. The number of nitrogens with zero attached hydrogens (tertiary/aromatic N) is 1. The lowest BCUT2D eigenvalue weighted by Gasteiger charge is -2.19. The molecular weight excluding hydrogens is 522 g/mol. The van der Waals surface area contributed by atoms with E-state index in [1.165, 1.54) is 17.8 Å². The summed E-state index contributed by atoms with van der Waals surface area (Å²) >= 11 is 1.17. The number of hydrogen-bond donors (Lipinski definition) is 4. The Morgan fingerprint density at radius 2 is 1.50 bits per heavy atom. The minimum absolute atomic E-state index is 0.0587. The average Bonchev–Trinajstić information content (AvgIpc) is 3.13. The summed E-state index contributed by atoms with van der Waals surface area (Å²) in [6, 6.07) is 0. The van der Waals surface area contributed by atoms with Crippen LogP contribution in [0.4, 0.5) is 9.59 Å². The number of hydrogen-bond acceptors (Lipinski definition) is 10. The van der Waals surface area contributed by atoms with E-state index in [2.05, 4.69) is 21.3 Å². The van der Waals surface area contributed by atoms with Crippen molar-refractivity contribution < 1.29 is 43.0 Å². The number of rotatable bonds is 17. The maximum atomic E-state index is 12.2. The first-order chi connectivity index (χ1) is 18.1. The van der Waals surface area contributed by atoms with Gasteiger partial charge in [0.25, 0.3) is 11.8 Å². The van der Waals surface area contributed by atoms with E-state index in [4.69, 9.17) is 14.2 Å². The molecule has 14 nitrogen and oxygen atoms in total. The van der Waals surface area contributed by atoms with Gasteiger partial charge in [-0.25, -0.2) is 9.59 Å². The fraction of sp³-hybridized carbons (Fsp3) is 0.652. The van der Waals surface area contributed by atoms with Crippen molar-refractivity contribution in [1.29, 1.82) is 0 Å². The van der Waals surface area contributed by atoms with Crippen molar-refractivity contribution in [3.05, 3.63) is 11.0 Å². The smallest absolute Gasteiger partial charge is 0.407 e. The summed E-state index contributed by atoms with van der Waals surface area (Å²) < 4.78 is 15.7. The Bertz CT molecular complexity index is 861. The molecule has 0 saturated carbocycles. The van der Waals surface area contributed by atoms with Crippen LogP contribution in [0.3, 0.4) is 0 Å². The number of ether oxygens (including phenoxy) is 3. The fourth-order valence-corrected chi connectivity index (χ4v) is 3.58.